The number of ether oxygens (including phenoxy) is 1. The fraction of sp³-hybridized carbons (Fsp3) is 0.435. The van der Waals surface area contributed by atoms with Crippen molar-refractivity contribution < 1.29 is 9.53 Å². The van der Waals surface area contributed by atoms with Gasteiger partial charge in [0.2, 0.25) is 0 Å². The zero-order valence-electron chi connectivity index (χ0n) is 16.8. The topological polar surface area (TPSA) is 41.6 Å². The molecule has 0 saturated heterocycles. The van der Waals surface area contributed by atoms with Crippen LogP contribution in [0.25, 0.3) is 0 Å². The lowest BCUT2D eigenvalue weighted by molar-refractivity contribution is -0.127. The molecule has 0 saturated carbocycles. The van der Waals surface area contributed by atoms with E-state index in [9.17, 15) is 4.79 Å². The molecule has 0 radical (unpaired) electrons. The number of carbonyl (C=O) groups excluding carboxylic acids is 1. The number of carbonyl (C=O) groups is 1. The molecular formula is C23H30N2O2. The van der Waals surface area contributed by atoms with Gasteiger partial charge in [-0.25, -0.2) is 0 Å². The maximum absolute atomic E-state index is 12.4. The van der Waals surface area contributed by atoms with Crippen molar-refractivity contribution in [3.63, 3.8) is 0 Å². The van der Waals surface area contributed by atoms with Gasteiger partial charge in [-0.2, -0.15) is 0 Å². The van der Waals surface area contributed by atoms with E-state index in [0.29, 0.717) is 6.54 Å². The summed E-state index contributed by atoms with van der Waals surface area (Å²) < 4.78 is 5.92. The van der Waals surface area contributed by atoms with Gasteiger partial charge < -0.3 is 15.0 Å². The van der Waals surface area contributed by atoms with Gasteiger partial charge in [0.1, 0.15) is 5.75 Å². The summed E-state index contributed by atoms with van der Waals surface area (Å²) in [7, 11) is 0. The van der Waals surface area contributed by atoms with Crippen LogP contribution in [-0.4, -0.2) is 31.6 Å². The zero-order valence-corrected chi connectivity index (χ0v) is 16.8. The molecular weight excluding hydrogens is 336 g/mol. The zero-order chi connectivity index (χ0) is 19.4. The quantitative estimate of drug-likeness (QED) is 0.755. The third kappa shape index (κ3) is 4.62. The Balaban J connectivity index is 1.44. The Morgan fingerprint density at radius 2 is 2.00 bits per heavy atom. The molecule has 27 heavy (non-hydrogen) atoms. The number of para-hydroxylation sites is 1. The van der Waals surface area contributed by atoms with E-state index in [1.165, 1.54) is 16.8 Å². The number of hydrogen-bond acceptors (Lipinski definition) is 3. The minimum atomic E-state index is -0.502. The van der Waals surface area contributed by atoms with E-state index in [0.717, 1.165) is 42.8 Å². The lowest BCUT2D eigenvalue weighted by Crippen LogP contribution is -2.38. The molecule has 4 heteroatoms. The van der Waals surface area contributed by atoms with Crippen LogP contribution in [0.2, 0.25) is 0 Å². The Morgan fingerprint density at radius 1 is 1.22 bits per heavy atom. The van der Waals surface area contributed by atoms with Crippen molar-refractivity contribution in [2.75, 3.05) is 24.5 Å². The molecule has 1 N–H and O–H groups in total. The molecule has 1 atom stereocenters. The highest BCUT2D eigenvalue weighted by Gasteiger charge is 2.19. The first-order valence-electron chi connectivity index (χ1n) is 9.81. The average Bonchev–Trinajstić information content (AvgIpc) is 3.05. The molecule has 4 nitrogen and oxygen atoms in total. The van der Waals surface area contributed by atoms with Gasteiger partial charge in [0.15, 0.2) is 6.10 Å². The van der Waals surface area contributed by atoms with Crippen LogP contribution < -0.4 is 15.0 Å². The van der Waals surface area contributed by atoms with Crippen molar-refractivity contribution in [1.29, 1.82) is 0 Å². The first-order valence-corrected chi connectivity index (χ1v) is 9.81. The number of hydrogen-bond donors (Lipinski definition) is 1. The molecule has 0 aromatic heterocycles. The second-order valence-corrected chi connectivity index (χ2v) is 7.48. The van der Waals surface area contributed by atoms with Crippen LogP contribution in [-0.2, 0) is 11.2 Å². The van der Waals surface area contributed by atoms with Crippen molar-refractivity contribution in [3.05, 3.63) is 58.7 Å². The van der Waals surface area contributed by atoms with Gasteiger partial charge in [-0.15, -0.1) is 0 Å². The summed E-state index contributed by atoms with van der Waals surface area (Å²) in [5, 5.41) is 3.01. The van der Waals surface area contributed by atoms with Gasteiger partial charge in [-0.05, 0) is 74.9 Å². The van der Waals surface area contributed by atoms with Crippen LogP contribution in [0.15, 0.2) is 36.4 Å². The van der Waals surface area contributed by atoms with Crippen LogP contribution in [0.1, 0.15) is 35.6 Å². The van der Waals surface area contributed by atoms with Crippen molar-refractivity contribution in [3.8, 4) is 5.75 Å². The molecule has 0 bridgehead atoms. The Hall–Kier alpha value is -2.49. The van der Waals surface area contributed by atoms with Gasteiger partial charge in [0.25, 0.3) is 5.91 Å². The predicted molar refractivity (Wildman–Crippen MR) is 111 cm³/mol. The summed E-state index contributed by atoms with van der Waals surface area (Å²) in [6.07, 6.45) is 1.54. The highest BCUT2D eigenvalue weighted by atomic mass is 16.5. The third-order valence-electron chi connectivity index (χ3n) is 5.32. The molecule has 0 unspecified atom stereocenters. The van der Waals surface area contributed by atoms with Crippen LogP contribution in [0, 0.1) is 20.8 Å². The minimum Gasteiger partial charge on any atom is -0.481 e. The summed E-state index contributed by atoms with van der Waals surface area (Å²) >= 11 is 0. The molecule has 0 spiro atoms. The molecule has 0 aliphatic carbocycles. The van der Waals surface area contributed by atoms with Gasteiger partial charge in [0.05, 0.1) is 0 Å². The Labute approximate surface area is 162 Å². The number of aryl methyl sites for hydroxylation is 2. The highest BCUT2D eigenvalue weighted by Crippen LogP contribution is 2.27. The minimum absolute atomic E-state index is 0.0598. The molecule has 3 rings (SSSR count). The lowest BCUT2D eigenvalue weighted by atomic mass is 10.1. The Kier molecular flexibility index (Phi) is 6.04. The van der Waals surface area contributed by atoms with E-state index < -0.39 is 6.10 Å². The maximum atomic E-state index is 12.4. The normalized spacial score (nSPS) is 14.0. The van der Waals surface area contributed by atoms with E-state index >= 15 is 0 Å². The molecule has 1 amide bonds. The van der Waals surface area contributed by atoms with Crippen molar-refractivity contribution in [2.24, 2.45) is 0 Å². The number of amides is 1. The number of nitrogens with one attached hydrogen (secondary N) is 1. The number of fused-ring (bicyclic) bond motifs is 1. The summed E-state index contributed by atoms with van der Waals surface area (Å²) in [6.45, 7) is 10.6. The van der Waals surface area contributed by atoms with E-state index in [1.807, 2.05) is 26.8 Å². The SMILES string of the molecule is Cc1cc(C)c(C)c(O[C@H](C)C(=O)NCCCN2CCc3ccccc32)c1. The molecule has 2 aromatic carbocycles. The van der Waals surface area contributed by atoms with Crippen molar-refractivity contribution >= 4 is 11.6 Å². The molecule has 2 aromatic rings. The lowest BCUT2D eigenvalue weighted by Gasteiger charge is -2.20. The fourth-order valence-corrected chi connectivity index (χ4v) is 3.63. The smallest absolute Gasteiger partial charge is 0.260 e. The van der Waals surface area contributed by atoms with Crippen molar-refractivity contribution in [2.45, 2.75) is 46.6 Å². The first-order chi connectivity index (χ1) is 13.0. The number of nitrogens with zero attached hydrogens (tertiary/aromatic N) is 1. The monoisotopic (exact) mass is 366 g/mol. The predicted octanol–water partition coefficient (Wildman–Crippen LogP) is 3.95. The summed E-state index contributed by atoms with van der Waals surface area (Å²) in [6, 6.07) is 12.7. The molecule has 144 valence electrons. The first kappa shape index (κ1) is 19.3. The van der Waals surface area contributed by atoms with E-state index in [2.05, 4.69) is 47.5 Å². The standard InChI is InChI=1S/C23H30N2O2/c1-16-14-17(2)18(3)22(15-16)27-19(4)23(26)24-11-7-12-25-13-10-20-8-5-6-9-21(20)25/h5-6,8-9,14-15,19H,7,10-13H2,1-4H3,(H,24,26)/t19-/m1/s1. The van der Waals surface area contributed by atoms with Crippen LogP contribution in [0.5, 0.6) is 5.75 Å². The Morgan fingerprint density at radius 3 is 2.81 bits per heavy atom. The van der Waals surface area contributed by atoms with Gasteiger partial charge in [0, 0.05) is 25.3 Å². The van der Waals surface area contributed by atoms with Crippen LogP contribution in [0.3, 0.4) is 0 Å². The van der Waals surface area contributed by atoms with E-state index in [1.54, 1.807) is 0 Å². The van der Waals surface area contributed by atoms with E-state index in [-0.39, 0.29) is 5.91 Å². The summed E-state index contributed by atoms with van der Waals surface area (Å²) in [4.78, 5) is 14.8. The average molecular weight is 367 g/mol. The molecule has 1 aliphatic rings. The third-order valence-corrected chi connectivity index (χ3v) is 5.32. The number of benzene rings is 2. The van der Waals surface area contributed by atoms with Gasteiger partial charge in [-0.1, -0.05) is 24.3 Å². The molecule has 1 aliphatic heterocycles. The van der Waals surface area contributed by atoms with Crippen LogP contribution in [0.4, 0.5) is 5.69 Å². The Bertz CT molecular complexity index is 816. The number of rotatable bonds is 7. The largest absolute Gasteiger partial charge is 0.481 e. The second-order valence-electron chi connectivity index (χ2n) is 7.48. The van der Waals surface area contributed by atoms with Gasteiger partial charge in [-0.3, -0.25) is 4.79 Å². The maximum Gasteiger partial charge on any atom is 0.260 e. The highest BCUT2D eigenvalue weighted by molar-refractivity contribution is 5.80. The second kappa shape index (κ2) is 8.47. The van der Waals surface area contributed by atoms with E-state index in [4.69, 9.17) is 4.74 Å². The van der Waals surface area contributed by atoms with Crippen molar-refractivity contribution in [1.82, 2.24) is 5.32 Å². The molecule has 1 heterocycles. The fourth-order valence-electron chi connectivity index (χ4n) is 3.63. The molecule has 0 fully saturated rings. The number of anilines is 1. The van der Waals surface area contributed by atoms with Gasteiger partial charge >= 0.3 is 0 Å². The summed E-state index contributed by atoms with van der Waals surface area (Å²) in [5.74, 6) is 0.735. The summed E-state index contributed by atoms with van der Waals surface area (Å²) in [5.41, 5.74) is 6.18. The van der Waals surface area contributed by atoms with Crippen LogP contribution >= 0.6 is 0 Å².